The van der Waals surface area contributed by atoms with Crippen molar-refractivity contribution in [2.24, 2.45) is 0 Å². The fourth-order valence-corrected chi connectivity index (χ4v) is 3.97. The molecule has 3 aromatic heterocycles. The van der Waals surface area contributed by atoms with Crippen molar-refractivity contribution in [2.75, 3.05) is 36.0 Å². The van der Waals surface area contributed by atoms with E-state index >= 15 is 0 Å². The molecule has 0 spiro atoms. The topological polar surface area (TPSA) is 75.3 Å². The highest BCUT2D eigenvalue weighted by Crippen LogP contribution is 2.29. The van der Waals surface area contributed by atoms with Gasteiger partial charge in [0.1, 0.15) is 5.82 Å². The summed E-state index contributed by atoms with van der Waals surface area (Å²) in [5.74, 6) is 2.38. The van der Waals surface area contributed by atoms with E-state index in [9.17, 15) is 4.39 Å². The predicted octanol–water partition coefficient (Wildman–Crippen LogP) is 2.04. The minimum atomic E-state index is -0.413. The minimum absolute atomic E-state index is 0.290. The van der Waals surface area contributed by atoms with Crippen molar-refractivity contribution >= 4 is 17.4 Å². The first kappa shape index (κ1) is 16.3. The Labute approximate surface area is 156 Å². The number of piperidine rings is 1. The summed E-state index contributed by atoms with van der Waals surface area (Å²) in [7, 11) is 0. The molecular formula is C18H21FN8. The highest BCUT2D eigenvalue weighted by molar-refractivity contribution is 5.46. The summed E-state index contributed by atoms with van der Waals surface area (Å²) >= 11 is 0. The van der Waals surface area contributed by atoms with Gasteiger partial charge in [0.15, 0.2) is 17.3 Å². The van der Waals surface area contributed by atoms with Crippen LogP contribution in [0.25, 0.3) is 5.65 Å². The number of halogens is 1. The molecule has 9 heteroatoms. The number of aromatic nitrogens is 6. The second-order valence-corrected chi connectivity index (χ2v) is 7.18. The third-order valence-corrected chi connectivity index (χ3v) is 5.45. The van der Waals surface area contributed by atoms with Gasteiger partial charge < -0.3 is 9.80 Å². The molecule has 0 amide bonds. The maximum Gasteiger partial charge on any atom is 0.225 e. The van der Waals surface area contributed by atoms with Crippen molar-refractivity contribution in [1.29, 1.82) is 0 Å². The van der Waals surface area contributed by atoms with E-state index in [1.54, 1.807) is 0 Å². The summed E-state index contributed by atoms with van der Waals surface area (Å²) in [5.41, 5.74) is 0.789. The number of hydrogen-bond acceptors (Lipinski definition) is 7. The Morgan fingerprint density at radius 2 is 1.63 bits per heavy atom. The lowest BCUT2D eigenvalue weighted by molar-refractivity contribution is 0.471. The first-order valence-electron chi connectivity index (χ1n) is 9.48. The van der Waals surface area contributed by atoms with Gasteiger partial charge in [0.05, 0.1) is 12.4 Å². The molecule has 0 atom stereocenters. The molecule has 140 valence electrons. The zero-order chi connectivity index (χ0) is 18.2. The van der Waals surface area contributed by atoms with E-state index in [-0.39, 0.29) is 5.92 Å². The molecule has 2 aliphatic rings. The Kier molecular flexibility index (Phi) is 4.06. The van der Waals surface area contributed by atoms with Crippen LogP contribution < -0.4 is 9.80 Å². The molecule has 2 saturated heterocycles. The van der Waals surface area contributed by atoms with Crippen molar-refractivity contribution in [3.8, 4) is 0 Å². The maximum absolute atomic E-state index is 13.0. The lowest BCUT2D eigenvalue weighted by Crippen LogP contribution is -2.34. The Hall–Kier alpha value is -2.84. The van der Waals surface area contributed by atoms with Gasteiger partial charge >= 0.3 is 0 Å². The average molecular weight is 368 g/mol. The van der Waals surface area contributed by atoms with Gasteiger partial charge in [0, 0.05) is 32.1 Å². The molecule has 0 bridgehead atoms. The van der Waals surface area contributed by atoms with Crippen LogP contribution >= 0.6 is 0 Å². The summed E-state index contributed by atoms with van der Waals surface area (Å²) in [6.07, 6.45) is 6.69. The number of anilines is 2. The summed E-state index contributed by atoms with van der Waals surface area (Å²) in [4.78, 5) is 12.6. The highest BCUT2D eigenvalue weighted by Gasteiger charge is 2.26. The van der Waals surface area contributed by atoms with Crippen LogP contribution in [0.5, 0.6) is 0 Å². The van der Waals surface area contributed by atoms with Crippen molar-refractivity contribution in [3.05, 3.63) is 36.2 Å². The number of nitrogens with zero attached hydrogens (tertiary/aromatic N) is 8. The molecule has 3 aromatic rings. The SMILES string of the molecule is Fc1cnc(N2CCC(c3nnc4ccc(N5CCCC5)nn34)CC2)nc1. The highest BCUT2D eigenvalue weighted by atomic mass is 19.1. The lowest BCUT2D eigenvalue weighted by atomic mass is 9.96. The molecular weight excluding hydrogens is 347 g/mol. The van der Waals surface area contributed by atoms with Gasteiger partial charge in [0.2, 0.25) is 5.95 Å². The molecule has 2 fully saturated rings. The van der Waals surface area contributed by atoms with Gasteiger partial charge in [-0.2, -0.15) is 4.52 Å². The van der Waals surface area contributed by atoms with Crippen LogP contribution in [0.2, 0.25) is 0 Å². The van der Waals surface area contributed by atoms with E-state index < -0.39 is 5.82 Å². The van der Waals surface area contributed by atoms with Gasteiger partial charge in [-0.25, -0.2) is 14.4 Å². The van der Waals surface area contributed by atoms with Crippen LogP contribution in [0, 0.1) is 5.82 Å². The lowest BCUT2D eigenvalue weighted by Gasteiger charge is -2.31. The summed E-state index contributed by atoms with van der Waals surface area (Å²) in [6.45, 7) is 3.73. The number of hydrogen-bond donors (Lipinski definition) is 0. The van der Waals surface area contributed by atoms with E-state index in [1.807, 2.05) is 16.6 Å². The van der Waals surface area contributed by atoms with Crippen molar-refractivity contribution < 1.29 is 4.39 Å². The monoisotopic (exact) mass is 368 g/mol. The number of fused-ring (bicyclic) bond motifs is 1. The normalized spacial score (nSPS) is 18.6. The van der Waals surface area contributed by atoms with Crippen LogP contribution in [0.1, 0.15) is 37.4 Å². The second-order valence-electron chi connectivity index (χ2n) is 7.18. The molecule has 5 heterocycles. The Morgan fingerprint density at radius 3 is 2.37 bits per heavy atom. The van der Waals surface area contributed by atoms with E-state index in [0.717, 1.165) is 56.3 Å². The van der Waals surface area contributed by atoms with Gasteiger partial charge in [-0.15, -0.1) is 15.3 Å². The van der Waals surface area contributed by atoms with E-state index in [1.165, 1.54) is 25.2 Å². The standard InChI is InChI=1S/C18H21FN8/c19-14-11-20-18(21-12-14)26-9-5-13(6-10-26)17-23-22-15-3-4-16(24-27(15)17)25-7-1-2-8-25/h3-4,11-13H,1-2,5-10H2. The second kappa shape index (κ2) is 6.71. The molecule has 0 aliphatic carbocycles. The smallest absolute Gasteiger partial charge is 0.225 e. The van der Waals surface area contributed by atoms with Crippen LogP contribution in [0.15, 0.2) is 24.5 Å². The molecule has 8 nitrogen and oxygen atoms in total. The Bertz CT molecular complexity index is 926. The molecule has 0 radical (unpaired) electrons. The van der Waals surface area contributed by atoms with E-state index in [0.29, 0.717) is 5.95 Å². The third kappa shape index (κ3) is 3.07. The molecule has 0 N–H and O–H groups in total. The first-order valence-corrected chi connectivity index (χ1v) is 9.48. The fourth-order valence-electron chi connectivity index (χ4n) is 3.97. The molecule has 0 aromatic carbocycles. The molecule has 0 unspecified atom stereocenters. The summed E-state index contributed by atoms with van der Waals surface area (Å²) in [5, 5.41) is 13.5. The Morgan fingerprint density at radius 1 is 0.889 bits per heavy atom. The van der Waals surface area contributed by atoms with Crippen LogP contribution in [-0.4, -0.2) is 56.0 Å². The predicted molar refractivity (Wildman–Crippen MR) is 98.4 cm³/mol. The van der Waals surface area contributed by atoms with Crippen LogP contribution in [0.4, 0.5) is 16.2 Å². The summed E-state index contributed by atoms with van der Waals surface area (Å²) < 4.78 is 14.9. The van der Waals surface area contributed by atoms with Gasteiger partial charge in [-0.05, 0) is 37.8 Å². The molecule has 2 aliphatic heterocycles. The van der Waals surface area contributed by atoms with Gasteiger partial charge in [-0.3, -0.25) is 0 Å². The largest absolute Gasteiger partial charge is 0.355 e. The van der Waals surface area contributed by atoms with Crippen LogP contribution in [0.3, 0.4) is 0 Å². The zero-order valence-electron chi connectivity index (χ0n) is 15.0. The van der Waals surface area contributed by atoms with Gasteiger partial charge in [-0.1, -0.05) is 0 Å². The van der Waals surface area contributed by atoms with E-state index in [4.69, 9.17) is 5.10 Å². The maximum atomic E-state index is 13.0. The first-order chi connectivity index (χ1) is 13.3. The van der Waals surface area contributed by atoms with Crippen molar-refractivity contribution in [2.45, 2.75) is 31.6 Å². The average Bonchev–Trinajstić information content (AvgIpc) is 3.38. The molecule has 5 rings (SSSR count). The molecule has 27 heavy (non-hydrogen) atoms. The zero-order valence-corrected chi connectivity index (χ0v) is 15.0. The fraction of sp³-hybridized carbons (Fsp3) is 0.500. The van der Waals surface area contributed by atoms with Crippen molar-refractivity contribution in [1.82, 2.24) is 29.8 Å². The molecule has 0 saturated carbocycles. The Balaban J connectivity index is 1.35. The third-order valence-electron chi connectivity index (χ3n) is 5.45. The van der Waals surface area contributed by atoms with Crippen molar-refractivity contribution in [3.63, 3.8) is 0 Å². The summed E-state index contributed by atoms with van der Waals surface area (Å²) in [6, 6.07) is 4.03. The van der Waals surface area contributed by atoms with E-state index in [2.05, 4.69) is 30.0 Å². The number of rotatable bonds is 3. The quantitative estimate of drug-likeness (QED) is 0.700. The minimum Gasteiger partial charge on any atom is -0.355 e. The van der Waals surface area contributed by atoms with Gasteiger partial charge in [0.25, 0.3) is 0 Å². The van der Waals surface area contributed by atoms with Crippen LogP contribution in [-0.2, 0) is 0 Å².